The summed E-state index contributed by atoms with van der Waals surface area (Å²) < 4.78 is 26.6. The van der Waals surface area contributed by atoms with Gasteiger partial charge < -0.3 is 10.8 Å². The highest BCUT2D eigenvalue weighted by molar-refractivity contribution is 5.69. The first-order valence-electron chi connectivity index (χ1n) is 5.99. The predicted octanol–water partition coefficient (Wildman–Crippen LogP) is 3.15. The van der Waals surface area contributed by atoms with Crippen LogP contribution in [0, 0.1) is 11.6 Å². The van der Waals surface area contributed by atoms with Crippen molar-refractivity contribution in [2.75, 3.05) is 5.73 Å². The average molecular weight is 277 g/mol. The lowest BCUT2D eigenvalue weighted by Gasteiger charge is -2.16. The van der Waals surface area contributed by atoms with E-state index in [2.05, 4.69) is 0 Å². The van der Waals surface area contributed by atoms with Gasteiger partial charge in [0.2, 0.25) is 0 Å². The molecule has 0 fully saturated rings. The Morgan fingerprint density at radius 2 is 1.75 bits per heavy atom. The number of carbonyl (C=O) groups is 1. The van der Waals surface area contributed by atoms with Gasteiger partial charge in [-0.1, -0.05) is 12.1 Å². The van der Waals surface area contributed by atoms with E-state index < -0.39 is 23.5 Å². The van der Waals surface area contributed by atoms with Crippen LogP contribution >= 0.6 is 0 Å². The maximum absolute atomic E-state index is 13.3. The molecule has 0 bridgehead atoms. The summed E-state index contributed by atoms with van der Waals surface area (Å²) in [5, 5.41) is 9.00. The van der Waals surface area contributed by atoms with Gasteiger partial charge in [0.15, 0.2) is 0 Å². The SMILES string of the molecule is Nc1cccc(C(CC(=O)O)c2cc(F)cc(F)c2)c1. The van der Waals surface area contributed by atoms with E-state index in [-0.39, 0.29) is 12.0 Å². The molecule has 1 unspecified atom stereocenters. The number of rotatable bonds is 4. The molecule has 2 aromatic carbocycles. The third kappa shape index (κ3) is 3.32. The van der Waals surface area contributed by atoms with Gasteiger partial charge in [0.05, 0.1) is 6.42 Å². The molecule has 0 heterocycles. The Balaban J connectivity index is 2.49. The van der Waals surface area contributed by atoms with E-state index in [0.29, 0.717) is 11.3 Å². The molecular formula is C15H13F2NO2. The lowest BCUT2D eigenvalue weighted by molar-refractivity contribution is -0.137. The van der Waals surface area contributed by atoms with Gasteiger partial charge >= 0.3 is 5.97 Å². The van der Waals surface area contributed by atoms with Crippen molar-refractivity contribution in [2.45, 2.75) is 12.3 Å². The first-order chi connectivity index (χ1) is 9.45. The quantitative estimate of drug-likeness (QED) is 0.844. The van der Waals surface area contributed by atoms with Crippen molar-refractivity contribution in [3.63, 3.8) is 0 Å². The monoisotopic (exact) mass is 277 g/mol. The van der Waals surface area contributed by atoms with Crippen LogP contribution in [0.3, 0.4) is 0 Å². The van der Waals surface area contributed by atoms with Crippen LogP contribution in [-0.4, -0.2) is 11.1 Å². The zero-order valence-electron chi connectivity index (χ0n) is 10.5. The van der Waals surface area contributed by atoms with Crippen LogP contribution in [0.4, 0.5) is 14.5 Å². The van der Waals surface area contributed by atoms with Crippen LogP contribution < -0.4 is 5.73 Å². The van der Waals surface area contributed by atoms with E-state index in [0.717, 1.165) is 18.2 Å². The Kier molecular flexibility index (Phi) is 3.98. The molecule has 0 radical (unpaired) electrons. The smallest absolute Gasteiger partial charge is 0.304 e. The molecule has 0 saturated carbocycles. The molecule has 0 saturated heterocycles. The topological polar surface area (TPSA) is 63.3 Å². The normalized spacial score (nSPS) is 12.1. The molecule has 0 aliphatic heterocycles. The number of carboxylic acids is 1. The molecular weight excluding hydrogens is 264 g/mol. The van der Waals surface area contributed by atoms with E-state index in [1.165, 1.54) is 0 Å². The van der Waals surface area contributed by atoms with Crippen molar-refractivity contribution in [1.29, 1.82) is 0 Å². The molecule has 3 nitrogen and oxygen atoms in total. The number of anilines is 1. The molecule has 1 atom stereocenters. The van der Waals surface area contributed by atoms with Crippen molar-refractivity contribution in [1.82, 2.24) is 0 Å². The summed E-state index contributed by atoms with van der Waals surface area (Å²) in [6.45, 7) is 0. The van der Waals surface area contributed by atoms with Gasteiger partial charge in [-0.2, -0.15) is 0 Å². The fourth-order valence-electron chi connectivity index (χ4n) is 2.15. The molecule has 0 aromatic heterocycles. The van der Waals surface area contributed by atoms with E-state index in [4.69, 9.17) is 10.8 Å². The van der Waals surface area contributed by atoms with Crippen molar-refractivity contribution < 1.29 is 18.7 Å². The molecule has 0 amide bonds. The first-order valence-corrected chi connectivity index (χ1v) is 5.99. The number of nitrogen functional groups attached to an aromatic ring is 1. The van der Waals surface area contributed by atoms with Gasteiger partial charge in [-0.05, 0) is 35.4 Å². The van der Waals surface area contributed by atoms with Gasteiger partial charge in [0.25, 0.3) is 0 Å². The molecule has 104 valence electrons. The Labute approximate surface area is 114 Å². The summed E-state index contributed by atoms with van der Waals surface area (Å²) in [6.07, 6.45) is -0.271. The van der Waals surface area contributed by atoms with Crippen molar-refractivity contribution in [2.24, 2.45) is 0 Å². The highest BCUT2D eigenvalue weighted by Crippen LogP contribution is 2.30. The number of nitrogens with two attached hydrogens (primary N) is 1. The van der Waals surface area contributed by atoms with Gasteiger partial charge in [0, 0.05) is 17.7 Å². The second kappa shape index (κ2) is 5.69. The molecule has 5 heteroatoms. The summed E-state index contributed by atoms with van der Waals surface area (Å²) in [7, 11) is 0. The zero-order valence-corrected chi connectivity index (χ0v) is 10.5. The third-order valence-corrected chi connectivity index (χ3v) is 2.98. The van der Waals surface area contributed by atoms with Crippen LogP contribution in [0.15, 0.2) is 42.5 Å². The number of halogens is 2. The lowest BCUT2D eigenvalue weighted by atomic mass is 9.88. The van der Waals surface area contributed by atoms with E-state index in [1.807, 2.05) is 0 Å². The maximum atomic E-state index is 13.3. The molecule has 2 aromatic rings. The van der Waals surface area contributed by atoms with E-state index in [1.54, 1.807) is 24.3 Å². The van der Waals surface area contributed by atoms with Crippen molar-refractivity contribution in [3.8, 4) is 0 Å². The standard InChI is InChI=1S/C15H13F2NO2/c16-11-4-10(5-12(17)7-11)14(8-15(19)20)9-2-1-3-13(18)6-9/h1-7,14H,8,18H2,(H,19,20). The van der Waals surface area contributed by atoms with E-state index in [9.17, 15) is 13.6 Å². The number of benzene rings is 2. The molecule has 0 spiro atoms. The van der Waals surface area contributed by atoms with Crippen LogP contribution in [0.2, 0.25) is 0 Å². The minimum atomic E-state index is -1.05. The fraction of sp³-hybridized carbons (Fsp3) is 0.133. The van der Waals surface area contributed by atoms with Crippen molar-refractivity contribution in [3.05, 3.63) is 65.2 Å². The number of hydrogen-bond acceptors (Lipinski definition) is 2. The summed E-state index contributed by atoms with van der Waals surface area (Å²) in [4.78, 5) is 11.0. The first kappa shape index (κ1) is 14.0. The fourth-order valence-corrected chi connectivity index (χ4v) is 2.15. The summed E-state index contributed by atoms with van der Waals surface area (Å²) in [5.41, 5.74) is 7.02. The second-order valence-electron chi connectivity index (χ2n) is 4.52. The Bertz CT molecular complexity index is 623. The van der Waals surface area contributed by atoms with E-state index >= 15 is 0 Å². The third-order valence-electron chi connectivity index (χ3n) is 2.98. The lowest BCUT2D eigenvalue weighted by Crippen LogP contribution is -2.09. The maximum Gasteiger partial charge on any atom is 0.304 e. The number of aliphatic carboxylic acids is 1. The van der Waals surface area contributed by atoms with Crippen LogP contribution in [0.25, 0.3) is 0 Å². The molecule has 0 aliphatic carbocycles. The minimum Gasteiger partial charge on any atom is -0.481 e. The molecule has 3 N–H and O–H groups in total. The largest absolute Gasteiger partial charge is 0.481 e. The highest BCUT2D eigenvalue weighted by Gasteiger charge is 2.19. The summed E-state index contributed by atoms with van der Waals surface area (Å²) >= 11 is 0. The molecule has 20 heavy (non-hydrogen) atoms. The van der Waals surface area contributed by atoms with Crippen molar-refractivity contribution >= 4 is 11.7 Å². The Hall–Kier alpha value is -2.43. The van der Waals surface area contributed by atoms with Gasteiger partial charge in [-0.25, -0.2) is 8.78 Å². The van der Waals surface area contributed by atoms with Crippen LogP contribution in [0.5, 0.6) is 0 Å². The van der Waals surface area contributed by atoms with Crippen LogP contribution in [0.1, 0.15) is 23.5 Å². The van der Waals surface area contributed by atoms with Gasteiger partial charge in [-0.3, -0.25) is 4.79 Å². The second-order valence-corrected chi connectivity index (χ2v) is 4.52. The Morgan fingerprint density at radius 1 is 1.10 bits per heavy atom. The number of carboxylic acid groups (broad SMARTS) is 1. The summed E-state index contributed by atoms with van der Waals surface area (Å²) in [6, 6.07) is 9.66. The number of hydrogen-bond donors (Lipinski definition) is 2. The molecule has 0 aliphatic rings. The summed E-state index contributed by atoms with van der Waals surface area (Å²) in [5.74, 6) is -3.18. The minimum absolute atomic E-state index is 0.271. The predicted molar refractivity (Wildman–Crippen MR) is 71.3 cm³/mol. The van der Waals surface area contributed by atoms with Gasteiger partial charge in [-0.15, -0.1) is 0 Å². The molecule has 2 rings (SSSR count). The average Bonchev–Trinajstić information content (AvgIpc) is 2.34. The highest BCUT2D eigenvalue weighted by atomic mass is 19.1. The van der Waals surface area contributed by atoms with Crippen LogP contribution in [-0.2, 0) is 4.79 Å². The Morgan fingerprint density at radius 3 is 2.30 bits per heavy atom. The van der Waals surface area contributed by atoms with Gasteiger partial charge in [0.1, 0.15) is 11.6 Å². The zero-order chi connectivity index (χ0) is 14.7.